The van der Waals surface area contributed by atoms with Gasteiger partial charge in [0.05, 0.1) is 15.9 Å². The Morgan fingerprint density at radius 3 is 2.55 bits per heavy atom. The summed E-state index contributed by atoms with van der Waals surface area (Å²) in [5.74, 6) is -0.984. The molecular weight excluding hydrogens is 489 g/mol. The van der Waals surface area contributed by atoms with Crippen molar-refractivity contribution in [2.24, 2.45) is 10.8 Å². The second-order valence-electron chi connectivity index (χ2n) is 8.67. The molecule has 1 aliphatic heterocycles. The molecular formula is C21H26INO6. The summed E-state index contributed by atoms with van der Waals surface area (Å²) in [6.45, 7) is 7.56. The number of nitro groups is 1. The Hall–Kier alpha value is -1.71. The van der Waals surface area contributed by atoms with Crippen molar-refractivity contribution in [2.75, 3.05) is 0 Å². The van der Waals surface area contributed by atoms with E-state index in [0.717, 1.165) is 16.4 Å². The molecule has 1 saturated carbocycles. The van der Waals surface area contributed by atoms with Gasteiger partial charge in [-0.3, -0.25) is 14.9 Å². The van der Waals surface area contributed by atoms with Crippen molar-refractivity contribution < 1.29 is 24.0 Å². The summed E-state index contributed by atoms with van der Waals surface area (Å²) >= 11 is 2.02. The topological polar surface area (TPSA) is 95.7 Å². The smallest absolute Gasteiger partial charge is 0.351 e. The molecule has 1 saturated heterocycles. The van der Waals surface area contributed by atoms with E-state index in [-0.39, 0.29) is 11.7 Å². The van der Waals surface area contributed by atoms with Gasteiger partial charge in [0.15, 0.2) is 0 Å². The summed E-state index contributed by atoms with van der Waals surface area (Å²) in [5.41, 5.74) is -2.50. The molecule has 0 aromatic heterocycles. The third kappa shape index (κ3) is 3.23. The number of unbranched alkanes of at least 4 members (excludes halogenated alkanes) is 1. The second kappa shape index (κ2) is 7.52. The van der Waals surface area contributed by atoms with Crippen LogP contribution in [-0.4, -0.2) is 22.5 Å². The van der Waals surface area contributed by atoms with Crippen LogP contribution in [0.5, 0.6) is 0 Å². The number of benzene rings is 1. The van der Waals surface area contributed by atoms with Gasteiger partial charge in [-0.05, 0) is 67.3 Å². The average molecular weight is 515 g/mol. The van der Waals surface area contributed by atoms with E-state index >= 15 is 0 Å². The zero-order chi connectivity index (χ0) is 21.6. The Morgan fingerprint density at radius 2 is 2.03 bits per heavy atom. The predicted molar refractivity (Wildman–Crippen MR) is 114 cm³/mol. The standard InChI is InChI=1S/C21H26INO6/c1-5-6-7-16(14-9-8-13(22)12-15(14)23(26)27)28-18(25)21-11-10-20(4,17(24)29-21)19(21,2)3/h8-9,12,16H,5-7,10-11H2,1-4H3/t16-,20+,21-/m1/s1. The first-order chi connectivity index (χ1) is 13.5. The van der Waals surface area contributed by atoms with Gasteiger partial charge in [-0.25, -0.2) is 4.79 Å². The molecule has 8 heteroatoms. The zero-order valence-corrected chi connectivity index (χ0v) is 19.3. The van der Waals surface area contributed by atoms with Gasteiger partial charge in [0.2, 0.25) is 5.60 Å². The van der Waals surface area contributed by atoms with Gasteiger partial charge in [-0.2, -0.15) is 0 Å². The maximum absolute atomic E-state index is 13.4. The van der Waals surface area contributed by atoms with Gasteiger partial charge in [-0.1, -0.05) is 27.2 Å². The lowest BCUT2D eigenvalue weighted by Crippen LogP contribution is -2.49. The van der Waals surface area contributed by atoms with Gasteiger partial charge >= 0.3 is 11.9 Å². The van der Waals surface area contributed by atoms with Crippen molar-refractivity contribution >= 4 is 40.2 Å². The quantitative estimate of drug-likeness (QED) is 0.217. The molecule has 158 valence electrons. The molecule has 3 rings (SSSR count). The Balaban J connectivity index is 1.96. The summed E-state index contributed by atoms with van der Waals surface area (Å²) < 4.78 is 12.2. The molecule has 1 aliphatic carbocycles. The van der Waals surface area contributed by atoms with Crippen molar-refractivity contribution in [1.82, 2.24) is 0 Å². The molecule has 2 bridgehead atoms. The maximum atomic E-state index is 13.4. The number of carbonyl (C=O) groups is 2. The number of ether oxygens (including phenoxy) is 2. The number of carbonyl (C=O) groups excluding carboxylic acids is 2. The molecule has 1 heterocycles. The van der Waals surface area contributed by atoms with Gasteiger partial charge < -0.3 is 9.47 Å². The van der Waals surface area contributed by atoms with Gasteiger partial charge in [0.1, 0.15) is 6.10 Å². The van der Waals surface area contributed by atoms with Crippen LogP contribution in [0, 0.1) is 24.5 Å². The minimum absolute atomic E-state index is 0.0674. The number of hydrogen-bond donors (Lipinski definition) is 0. The fourth-order valence-corrected chi connectivity index (χ4v) is 5.02. The summed E-state index contributed by atoms with van der Waals surface area (Å²) in [7, 11) is 0. The molecule has 0 radical (unpaired) electrons. The minimum Gasteiger partial charge on any atom is -0.454 e. The Morgan fingerprint density at radius 1 is 1.34 bits per heavy atom. The fourth-order valence-electron chi connectivity index (χ4n) is 4.54. The number of hydrogen-bond acceptors (Lipinski definition) is 6. The molecule has 0 amide bonds. The van der Waals surface area contributed by atoms with Crippen LogP contribution >= 0.6 is 22.6 Å². The molecule has 7 nitrogen and oxygen atoms in total. The van der Waals surface area contributed by atoms with Gasteiger partial charge in [-0.15, -0.1) is 0 Å². The predicted octanol–water partition coefficient (Wildman–Crippen LogP) is 5.10. The van der Waals surface area contributed by atoms with Gasteiger partial charge in [0, 0.05) is 15.1 Å². The van der Waals surface area contributed by atoms with Gasteiger partial charge in [0.25, 0.3) is 5.69 Å². The highest BCUT2D eigenvalue weighted by atomic mass is 127. The normalized spacial score (nSPS) is 28.1. The molecule has 1 aromatic carbocycles. The molecule has 29 heavy (non-hydrogen) atoms. The summed E-state index contributed by atoms with van der Waals surface area (Å²) in [6.07, 6.45) is 2.25. The SMILES string of the molecule is CCCC[C@@H](OC(=O)[C@@]12CC[C@@](C)(C(=O)O1)C2(C)C)c1ccc(I)cc1[N+](=O)[O-]. The van der Waals surface area contributed by atoms with E-state index < -0.39 is 33.4 Å². The highest BCUT2D eigenvalue weighted by molar-refractivity contribution is 14.1. The zero-order valence-electron chi connectivity index (χ0n) is 17.1. The van der Waals surface area contributed by atoms with Crippen molar-refractivity contribution in [3.8, 4) is 0 Å². The first kappa shape index (κ1) is 22.0. The lowest BCUT2D eigenvalue weighted by atomic mass is 9.66. The number of esters is 2. The lowest BCUT2D eigenvalue weighted by Gasteiger charge is -2.35. The number of rotatable bonds is 7. The largest absolute Gasteiger partial charge is 0.454 e. The lowest BCUT2D eigenvalue weighted by molar-refractivity contribution is -0.386. The van der Waals surface area contributed by atoms with Crippen LogP contribution in [0.25, 0.3) is 0 Å². The van der Waals surface area contributed by atoms with Crippen LogP contribution < -0.4 is 0 Å². The highest BCUT2D eigenvalue weighted by Crippen LogP contribution is 2.66. The molecule has 2 aliphatic rings. The number of halogens is 1. The summed E-state index contributed by atoms with van der Waals surface area (Å²) in [4.78, 5) is 37.0. The van der Waals surface area contributed by atoms with Crippen LogP contribution in [0.2, 0.25) is 0 Å². The Bertz CT molecular complexity index is 869. The van der Waals surface area contributed by atoms with E-state index in [4.69, 9.17) is 9.47 Å². The van der Waals surface area contributed by atoms with Crippen LogP contribution in [-0.2, 0) is 19.1 Å². The van der Waals surface area contributed by atoms with Crippen LogP contribution in [0.15, 0.2) is 18.2 Å². The molecule has 0 N–H and O–H groups in total. The average Bonchev–Trinajstić information content (AvgIpc) is 2.95. The number of fused-ring (bicyclic) bond motifs is 2. The first-order valence-corrected chi connectivity index (χ1v) is 11.0. The maximum Gasteiger partial charge on any atom is 0.351 e. The van der Waals surface area contributed by atoms with E-state index in [1.165, 1.54) is 6.07 Å². The highest BCUT2D eigenvalue weighted by Gasteiger charge is 2.76. The van der Waals surface area contributed by atoms with Crippen LogP contribution in [0.3, 0.4) is 0 Å². The van der Waals surface area contributed by atoms with E-state index in [1.807, 2.05) is 50.3 Å². The van der Waals surface area contributed by atoms with Crippen LogP contribution in [0.1, 0.15) is 71.5 Å². The van der Waals surface area contributed by atoms with E-state index in [9.17, 15) is 19.7 Å². The molecule has 0 spiro atoms. The molecule has 3 atom stereocenters. The van der Waals surface area contributed by atoms with Crippen molar-refractivity contribution in [1.29, 1.82) is 0 Å². The molecule has 0 unspecified atom stereocenters. The number of nitrogens with zero attached hydrogens (tertiary/aromatic N) is 1. The van der Waals surface area contributed by atoms with E-state index in [2.05, 4.69) is 0 Å². The Labute approximate surface area is 183 Å². The summed E-state index contributed by atoms with van der Waals surface area (Å²) in [5, 5.41) is 11.6. The third-order valence-corrected chi connectivity index (χ3v) is 7.69. The summed E-state index contributed by atoms with van der Waals surface area (Å²) in [6, 6.07) is 4.89. The van der Waals surface area contributed by atoms with Crippen molar-refractivity contribution in [2.45, 2.75) is 71.5 Å². The fraction of sp³-hybridized carbons (Fsp3) is 0.619. The third-order valence-electron chi connectivity index (χ3n) is 7.02. The first-order valence-electron chi connectivity index (χ1n) is 9.88. The monoisotopic (exact) mass is 515 g/mol. The minimum atomic E-state index is -1.35. The number of nitro benzene ring substituents is 1. The molecule has 2 fully saturated rings. The van der Waals surface area contributed by atoms with E-state index in [1.54, 1.807) is 12.1 Å². The van der Waals surface area contributed by atoms with Crippen LogP contribution in [0.4, 0.5) is 5.69 Å². The van der Waals surface area contributed by atoms with E-state index in [0.29, 0.717) is 24.8 Å². The van der Waals surface area contributed by atoms with Crippen molar-refractivity contribution in [3.63, 3.8) is 0 Å². The Kier molecular flexibility index (Phi) is 5.70. The second-order valence-corrected chi connectivity index (χ2v) is 9.92. The molecule has 1 aromatic rings. The van der Waals surface area contributed by atoms with Crippen molar-refractivity contribution in [3.05, 3.63) is 37.4 Å².